The Morgan fingerprint density at radius 2 is 2.13 bits per heavy atom. The van der Waals surface area contributed by atoms with Crippen molar-refractivity contribution in [3.05, 3.63) is 35.2 Å². The van der Waals surface area contributed by atoms with Gasteiger partial charge in [-0.1, -0.05) is 35.8 Å². The lowest BCUT2D eigenvalue weighted by Gasteiger charge is -2.36. The van der Waals surface area contributed by atoms with Crippen LogP contribution in [0, 0.1) is 0 Å². The quantitative estimate of drug-likeness (QED) is 0.644. The van der Waals surface area contributed by atoms with Gasteiger partial charge in [0.05, 0.1) is 6.54 Å². The summed E-state index contributed by atoms with van der Waals surface area (Å²) in [5.41, 5.74) is 0.766. The van der Waals surface area contributed by atoms with E-state index in [4.69, 9.17) is 16.1 Å². The van der Waals surface area contributed by atoms with Gasteiger partial charge in [0.1, 0.15) is 6.04 Å². The van der Waals surface area contributed by atoms with Crippen LogP contribution < -0.4 is 0 Å². The molecular formula is C22H29ClN4O3. The van der Waals surface area contributed by atoms with Crippen molar-refractivity contribution in [2.24, 2.45) is 0 Å². The van der Waals surface area contributed by atoms with Gasteiger partial charge >= 0.3 is 0 Å². The van der Waals surface area contributed by atoms with Crippen molar-refractivity contribution in [1.29, 1.82) is 0 Å². The number of amides is 2. The van der Waals surface area contributed by atoms with Crippen LogP contribution >= 0.6 is 11.6 Å². The van der Waals surface area contributed by atoms with E-state index in [0.717, 1.165) is 31.2 Å². The van der Waals surface area contributed by atoms with Crippen molar-refractivity contribution < 1.29 is 14.1 Å². The first-order chi connectivity index (χ1) is 14.4. The predicted molar refractivity (Wildman–Crippen MR) is 115 cm³/mol. The van der Waals surface area contributed by atoms with Crippen LogP contribution in [0.5, 0.6) is 0 Å². The average Bonchev–Trinajstić information content (AvgIpc) is 3.22. The molecule has 2 aromatic rings. The standard InChI is InChI=1S/C22H29ClN4O3/c1-4-8-19(28)27(15(2)3)14-20(29)26-12-6-5-11-18(26)22-24-21(25-30-22)16-9-7-10-17(23)13-16/h7,9-10,13,15,18H,4-6,8,11-12,14H2,1-3H3. The molecule has 7 nitrogen and oxygen atoms in total. The Morgan fingerprint density at radius 3 is 2.83 bits per heavy atom. The van der Waals surface area contributed by atoms with E-state index in [2.05, 4.69) is 10.1 Å². The number of likely N-dealkylation sites (tertiary alicyclic amines) is 1. The largest absolute Gasteiger partial charge is 0.337 e. The summed E-state index contributed by atoms with van der Waals surface area (Å²) in [4.78, 5) is 33.6. The molecule has 1 aromatic carbocycles. The number of aromatic nitrogens is 2. The van der Waals surface area contributed by atoms with E-state index in [1.807, 2.05) is 32.9 Å². The minimum atomic E-state index is -0.276. The van der Waals surface area contributed by atoms with Crippen LogP contribution in [0.1, 0.15) is 64.8 Å². The summed E-state index contributed by atoms with van der Waals surface area (Å²) in [6, 6.07) is 6.95. The van der Waals surface area contributed by atoms with Gasteiger partial charge in [0.15, 0.2) is 0 Å². The van der Waals surface area contributed by atoms with Crippen molar-refractivity contribution >= 4 is 23.4 Å². The van der Waals surface area contributed by atoms with Gasteiger partial charge in [-0.25, -0.2) is 0 Å². The number of carbonyl (C=O) groups is 2. The molecule has 2 amide bonds. The van der Waals surface area contributed by atoms with E-state index in [1.54, 1.807) is 21.9 Å². The molecule has 1 fully saturated rings. The number of halogens is 1. The van der Waals surface area contributed by atoms with Gasteiger partial charge in [-0.3, -0.25) is 9.59 Å². The molecule has 0 saturated carbocycles. The maximum atomic E-state index is 13.2. The molecule has 0 N–H and O–H groups in total. The molecule has 0 radical (unpaired) electrons. The molecule has 2 heterocycles. The van der Waals surface area contributed by atoms with E-state index in [0.29, 0.717) is 29.7 Å². The fourth-order valence-corrected chi connectivity index (χ4v) is 3.95. The highest BCUT2D eigenvalue weighted by atomic mass is 35.5. The first-order valence-electron chi connectivity index (χ1n) is 10.6. The molecule has 0 bridgehead atoms. The molecule has 1 atom stereocenters. The lowest BCUT2D eigenvalue weighted by atomic mass is 10.0. The number of rotatable bonds is 7. The number of nitrogens with zero attached hydrogens (tertiary/aromatic N) is 4. The van der Waals surface area contributed by atoms with Crippen LogP contribution in [0.15, 0.2) is 28.8 Å². The van der Waals surface area contributed by atoms with E-state index in [-0.39, 0.29) is 30.4 Å². The van der Waals surface area contributed by atoms with Gasteiger partial charge < -0.3 is 14.3 Å². The molecule has 1 aliphatic rings. The van der Waals surface area contributed by atoms with Gasteiger partial charge in [0, 0.05) is 29.6 Å². The van der Waals surface area contributed by atoms with Gasteiger partial charge in [0.2, 0.25) is 23.5 Å². The Kier molecular flexibility index (Phi) is 7.48. The second-order valence-electron chi connectivity index (χ2n) is 7.93. The minimum absolute atomic E-state index is 0.00967. The lowest BCUT2D eigenvalue weighted by molar-refractivity contribution is -0.144. The third kappa shape index (κ3) is 5.19. The highest BCUT2D eigenvalue weighted by Gasteiger charge is 2.33. The molecular weight excluding hydrogens is 404 g/mol. The predicted octanol–water partition coefficient (Wildman–Crippen LogP) is 4.48. The normalized spacial score (nSPS) is 16.7. The molecule has 1 aromatic heterocycles. The molecule has 0 spiro atoms. The Hall–Kier alpha value is -2.41. The molecule has 8 heteroatoms. The molecule has 1 unspecified atom stereocenters. The number of carbonyl (C=O) groups excluding carboxylic acids is 2. The number of benzene rings is 1. The lowest BCUT2D eigenvalue weighted by Crippen LogP contribution is -2.48. The monoisotopic (exact) mass is 432 g/mol. The molecule has 30 heavy (non-hydrogen) atoms. The summed E-state index contributed by atoms with van der Waals surface area (Å²) in [7, 11) is 0. The molecule has 1 saturated heterocycles. The number of hydrogen-bond donors (Lipinski definition) is 0. The van der Waals surface area contributed by atoms with E-state index < -0.39 is 0 Å². The smallest absolute Gasteiger partial charge is 0.249 e. The van der Waals surface area contributed by atoms with Crippen molar-refractivity contribution in [2.75, 3.05) is 13.1 Å². The number of hydrogen-bond acceptors (Lipinski definition) is 5. The summed E-state index contributed by atoms with van der Waals surface area (Å²) < 4.78 is 5.54. The van der Waals surface area contributed by atoms with E-state index >= 15 is 0 Å². The third-order valence-corrected chi connectivity index (χ3v) is 5.58. The fourth-order valence-electron chi connectivity index (χ4n) is 3.75. The van der Waals surface area contributed by atoms with Gasteiger partial charge in [0.25, 0.3) is 0 Å². The Morgan fingerprint density at radius 1 is 1.33 bits per heavy atom. The summed E-state index contributed by atoms with van der Waals surface area (Å²) in [6.45, 7) is 6.52. The van der Waals surface area contributed by atoms with Gasteiger partial charge in [-0.15, -0.1) is 0 Å². The summed E-state index contributed by atoms with van der Waals surface area (Å²) in [5.74, 6) is 0.803. The Balaban J connectivity index is 1.78. The van der Waals surface area contributed by atoms with E-state index in [1.165, 1.54) is 0 Å². The molecule has 3 rings (SSSR count). The molecule has 1 aliphatic heterocycles. The fraction of sp³-hybridized carbons (Fsp3) is 0.545. The second-order valence-corrected chi connectivity index (χ2v) is 8.37. The summed E-state index contributed by atoms with van der Waals surface area (Å²) >= 11 is 6.07. The SMILES string of the molecule is CCCC(=O)N(CC(=O)N1CCCCC1c1nc(-c2cccc(Cl)c2)no1)C(C)C. The summed E-state index contributed by atoms with van der Waals surface area (Å²) in [6.07, 6.45) is 3.86. The minimum Gasteiger partial charge on any atom is -0.337 e. The van der Waals surface area contributed by atoms with Crippen LogP contribution in [0.4, 0.5) is 0 Å². The first kappa shape index (κ1) is 22.3. The molecule has 0 aliphatic carbocycles. The molecule has 162 valence electrons. The van der Waals surface area contributed by atoms with Crippen LogP contribution in [0.3, 0.4) is 0 Å². The van der Waals surface area contributed by atoms with Gasteiger partial charge in [-0.2, -0.15) is 4.98 Å². The Labute approximate surface area is 182 Å². The van der Waals surface area contributed by atoms with Crippen molar-refractivity contribution in [3.63, 3.8) is 0 Å². The van der Waals surface area contributed by atoms with Crippen LogP contribution in [0.25, 0.3) is 11.4 Å². The van der Waals surface area contributed by atoms with Crippen LogP contribution in [0.2, 0.25) is 5.02 Å². The zero-order valence-electron chi connectivity index (χ0n) is 17.8. The van der Waals surface area contributed by atoms with Crippen LogP contribution in [-0.2, 0) is 9.59 Å². The highest BCUT2D eigenvalue weighted by molar-refractivity contribution is 6.30. The zero-order valence-corrected chi connectivity index (χ0v) is 18.6. The van der Waals surface area contributed by atoms with E-state index in [9.17, 15) is 9.59 Å². The number of piperidine rings is 1. The third-order valence-electron chi connectivity index (χ3n) is 5.35. The topological polar surface area (TPSA) is 79.5 Å². The Bertz CT molecular complexity index is 883. The summed E-state index contributed by atoms with van der Waals surface area (Å²) in [5, 5.41) is 4.69. The van der Waals surface area contributed by atoms with Crippen molar-refractivity contribution in [2.45, 2.75) is 65.0 Å². The highest BCUT2D eigenvalue weighted by Crippen LogP contribution is 2.31. The van der Waals surface area contributed by atoms with Gasteiger partial charge in [-0.05, 0) is 51.7 Å². The zero-order chi connectivity index (χ0) is 21.7. The maximum absolute atomic E-state index is 13.2. The van der Waals surface area contributed by atoms with Crippen molar-refractivity contribution in [1.82, 2.24) is 19.9 Å². The first-order valence-corrected chi connectivity index (χ1v) is 11.0. The second kappa shape index (κ2) is 10.1. The van der Waals surface area contributed by atoms with Crippen LogP contribution in [-0.4, -0.2) is 50.9 Å². The maximum Gasteiger partial charge on any atom is 0.249 e. The van der Waals surface area contributed by atoms with Crippen molar-refractivity contribution in [3.8, 4) is 11.4 Å². The average molecular weight is 433 g/mol.